The number of hydrogen-bond acceptors (Lipinski definition) is 1. The van der Waals surface area contributed by atoms with E-state index in [4.69, 9.17) is 0 Å². The molecule has 1 N–H and O–H groups in total. The zero-order valence-electron chi connectivity index (χ0n) is 16.4. The summed E-state index contributed by atoms with van der Waals surface area (Å²) in [5, 5.41) is 0. The molecule has 0 aromatic heterocycles. The van der Waals surface area contributed by atoms with Gasteiger partial charge in [0.2, 0.25) is 5.91 Å². The molecular weight excluding hydrogens is 332 g/mol. The number of quaternary nitrogens is 1. The molecule has 2 fully saturated rings. The molecule has 1 saturated heterocycles. The first-order chi connectivity index (χ1) is 13.2. The number of carbonyl (C=O) groups is 1. The Bertz CT molecular complexity index is 705. The number of rotatable bonds is 4. The van der Waals surface area contributed by atoms with Crippen LogP contribution in [0.4, 0.5) is 0 Å². The molecule has 27 heavy (non-hydrogen) atoms. The third kappa shape index (κ3) is 3.79. The quantitative estimate of drug-likeness (QED) is 0.887. The summed E-state index contributed by atoms with van der Waals surface area (Å²) < 4.78 is 0. The van der Waals surface area contributed by atoms with E-state index in [9.17, 15) is 4.79 Å². The second-order valence-corrected chi connectivity index (χ2v) is 8.47. The van der Waals surface area contributed by atoms with Gasteiger partial charge in [0.25, 0.3) is 0 Å². The Morgan fingerprint density at radius 3 is 1.85 bits per heavy atom. The lowest BCUT2D eigenvalue weighted by molar-refractivity contribution is -0.929. The third-order valence-corrected chi connectivity index (χ3v) is 6.59. The molecule has 1 saturated carbocycles. The Labute approximate surface area is 163 Å². The van der Waals surface area contributed by atoms with E-state index in [1.54, 1.807) is 4.90 Å². The fourth-order valence-electron chi connectivity index (χ4n) is 4.99. The monoisotopic (exact) mass is 363 g/mol. The maximum absolute atomic E-state index is 13.1. The van der Waals surface area contributed by atoms with Crippen LogP contribution in [-0.4, -0.2) is 37.0 Å². The minimum atomic E-state index is -0.101. The minimum absolute atomic E-state index is 0.101. The lowest BCUT2D eigenvalue weighted by Gasteiger charge is -2.39. The molecule has 4 rings (SSSR count). The van der Waals surface area contributed by atoms with E-state index in [1.807, 2.05) is 0 Å². The number of nitrogens with zero attached hydrogens (tertiary/aromatic N) is 1. The van der Waals surface area contributed by atoms with Gasteiger partial charge in [0.1, 0.15) is 6.04 Å². The number of piperazine rings is 1. The normalized spacial score (nSPS) is 20.1. The topological polar surface area (TPSA) is 24.8 Å². The van der Waals surface area contributed by atoms with Crippen LogP contribution >= 0.6 is 0 Å². The van der Waals surface area contributed by atoms with Gasteiger partial charge in [-0.25, -0.2) is 0 Å². The Hall–Kier alpha value is -2.13. The molecule has 2 aliphatic rings. The van der Waals surface area contributed by atoms with Gasteiger partial charge in [0.05, 0.1) is 26.2 Å². The molecule has 1 aliphatic carbocycles. The largest absolute Gasteiger partial charge is 0.331 e. The molecule has 2 aromatic carbocycles. The molecule has 0 radical (unpaired) electrons. The van der Waals surface area contributed by atoms with Crippen molar-refractivity contribution in [3.05, 3.63) is 71.8 Å². The average molecular weight is 364 g/mol. The molecular formula is C24H31N2O+. The van der Waals surface area contributed by atoms with Crippen LogP contribution in [-0.2, 0) is 4.79 Å². The van der Waals surface area contributed by atoms with Gasteiger partial charge >= 0.3 is 0 Å². The van der Waals surface area contributed by atoms with Crippen LogP contribution in [0.15, 0.2) is 60.7 Å². The van der Waals surface area contributed by atoms with E-state index < -0.39 is 0 Å². The van der Waals surface area contributed by atoms with Crippen LogP contribution < -0.4 is 4.90 Å². The Morgan fingerprint density at radius 1 is 0.889 bits per heavy atom. The number of amides is 1. The van der Waals surface area contributed by atoms with Gasteiger partial charge in [-0.3, -0.25) is 4.79 Å². The summed E-state index contributed by atoms with van der Waals surface area (Å²) in [5.74, 6) is 0.398. The van der Waals surface area contributed by atoms with Crippen molar-refractivity contribution >= 4 is 5.91 Å². The summed E-state index contributed by atoms with van der Waals surface area (Å²) in [7, 11) is 0. The summed E-state index contributed by atoms with van der Waals surface area (Å²) in [6.07, 6.45) is 4.54. The highest BCUT2D eigenvalue weighted by Gasteiger charge is 2.41. The molecule has 1 amide bonds. The van der Waals surface area contributed by atoms with Crippen LogP contribution in [0, 0.1) is 5.41 Å². The van der Waals surface area contributed by atoms with E-state index in [2.05, 4.69) is 72.5 Å². The second-order valence-electron chi connectivity index (χ2n) is 8.47. The van der Waals surface area contributed by atoms with E-state index in [0.717, 1.165) is 39.0 Å². The first-order valence-corrected chi connectivity index (χ1v) is 10.4. The summed E-state index contributed by atoms with van der Waals surface area (Å²) >= 11 is 0. The summed E-state index contributed by atoms with van der Waals surface area (Å²) in [6, 6.07) is 22.0. The van der Waals surface area contributed by atoms with Crippen molar-refractivity contribution in [1.29, 1.82) is 0 Å². The molecule has 0 bridgehead atoms. The number of hydrogen-bond donors (Lipinski definition) is 1. The van der Waals surface area contributed by atoms with Crippen molar-refractivity contribution in [3.63, 3.8) is 0 Å². The predicted molar refractivity (Wildman–Crippen MR) is 109 cm³/mol. The molecule has 1 aliphatic heterocycles. The van der Waals surface area contributed by atoms with E-state index >= 15 is 0 Å². The summed E-state index contributed by atoms with van der Waals surface area (Å²) in [4.78, 5) is 16.8. The van der Waals surface area contributed by atoms with Crippen LogP contribution in [0.3, 0.4) is 0 Å². The Balaban J connectivity index is 1.50. The van der Waals surface area contributed by atoms with Gasteiger partial charge in [0.15, 0.2) is 0 Å². The van der Waals surface area contributed by atoms with Crippen LogP contribution in [0.1, 0.15) is 49.8 Å². The van der Waals surface area contributed by atoms with Crippen molar-refractivity contribution in [2.45, 2.75) is 38.6 Å². The zero-order chi connectivity index (χ0) is 18.7. The fourth-order valence-corrected chi connectivity index (χ4v) is 4.99. The molecule has 3 heteroatoms. The van der Waals surface area contributed by atoms with Crippen molar-refractivity contribution in [2.24, 2.45) is 5.41 Å². The van der Waals surface area contributed by atoms with Crippen LogP contribution in [0.2, 0.25) is 0 Å². The van der Waals surface area contributed by atoms with Gasteiger partial charge in [0, 0.05) is 16.5 Å². The summed E-state index contributed by atoms with van der Waals surface area (Å²) in [6.45, 7) is 5.95. The lowest BCUT2D eigenvalue weighted by atomic mass is 9.87. The van der Waals surface area contributed by atoms with Gasteiger partial charge in [-0.05, 0) is 12.8 Å². The number of benzene rings is 2. The Morgan fingerprint density at radius 2 is 1.37 bits per heavy atom. The Kier molecular flexibility index (Phi) is 5.31. The predicted octanol–water partition coefficient (Wildman–Crippen LogP) is 3.08. The highest BCUT2D eigenvalue weighted by Crippen LogP contribution is 2.39. The average Bonchev–Trinajstić information content (AvgIpc) is 3.18. The highest BCUT2D eigenvalue weighted by atomic mass is 16.2. The maximum atomic E-state index is 13.1. The smallest absolute Gasteiger partial charge is 0.228 e. The van der Waals surface area contributed by atoms with Crippen LogP contribution in [0.25, 0.3) is 0 Å². The van der Waals surface area contributed by atoms with E-state index in [-0.39, 0.29) is 5.41 Å². The van der Waals surface area contributed by atoms with Gasteiger partial charge < -0.3 is 9.80 Å². The van der Waals surface area contributed by atoms with Gasteiger partial charge in [-0.1, -0.05) is 80.4 Å². The highest BCUT2D eigenvalue weighted by molar-refractivity contribution is 5.82. The number of carbonyl (C=O) groups excluding carboxylic acids is 1. The molecule has 142 valence electrons. The summed E-state index contributed by atoms with van der Waals surface area (Å²) in [5.41, 5.74) is 2.62. The van der Waals surface area contributed by atoms with E-state index in [0.29, 0.717) is 11.9 Å². The fraction of sp³-hybridized carbons (Fsp3) is 0.458. The SMILES string of the molecule is CC1(C(=O)N2CC[NH+](C(c3ccccc3)c3ccccc3)CC2)CCCC1. The standard InChI is InChI=1S/C24H30N2O/c1-24(14-8-9-15-24)23(27)26-18-16-25(17-19-26)22(20-10-4-2-5-11-20)21-12-6-3-7-13-21/h2-7,10-13,22H,8-9,14-19H2,1H3/p+1. The third-order valence-electron chi connectivity index (χ3n) is 6.59. The molecule has 2 aromatic rings. The first kappa shape index (κ1) is 18.2. The van der Waals surface area contributed by atoms with Crippen molar-refractivity contribution in [3.8, 4) is 0 Å². The molecule has 1 heterocycles. The lowest BCUT2D eigenvalue weighted by Crippen LogP contribution is -3.15. The van der Waals surface area contributed by atoms with E-state index in [1.165, 1.54) is 24.0 Å². The molecule has 0 spiro atoms. The van der Waals surface area contributed by atoms with Crippen molar-refractivity contribution in [1.82, 2.24) is 4.90 Å². The van der Waals surface area contributed by atoms with Gasteiger partial charge in [-0.15, -0.1) is 0 Å². The minimum Gasteiger partial charge on any atom is -0.331 e. The zero-order valence-corrected chi connectivity index (χ0v) is 16.4. The maximum Gasteiger partial charge on any atom is 0.228 e. The van der Waals surface area contributed by atoms with Crippen molar-refractivity contribution < 1.29 is 9.69 Å². The molecule has 3 nitrogen and oxygen atoms in total. The second kappa shape index (κ2) is 7.85. The van der Waals surface area contributed by atoms with Gasteiger partial charge in [-0.2, -0.15) is 0 Å². The van der Waals surface area contributed by atoms with Crippen LogP contribution in [0.5, 0.6) is 0 Å². The first-order valence-electron chi connectivity index (χ1n) is 10.4. The van der Waals surface area contributed by atoms with Crippen molar-refractivity contribution in [2.75, 3.05) is 26.2 Å². The molecule has 0 unspecified atom stereocenters. The number of nitrogens with one attached hydrogen (secondary N) is 1. The molecule has 0 atom stereocenters.